The van der Waals surface area contributed by atoms with E-state index < -0.39 is 0 Å². The van der Waals surface area contributed by atoms with Gasteiger partial charge in [-0.15, -0.1) is 0 Å². The molecule has 0 radical (unpaired) electrons. The Morgan fingerprint density at radius 3 is 2.70 bits per heavy atom. The van der Waals surface area contributed by atoms with Gasteiger partial charge in [-0.25, -0.2) is 0 Å². The Hall–Kier alpha value is -1.26. The number of aromatic hydroxyl groups is 1. The molecule has 1 aromatic rings. The van der Waals surface area contributed by atoms with Gasteiger partial charge in [0.25, 0.3) is 0 Å². The van der Waals surface area contributed by atoms with Crippen LogP contribution in [0.1, 0.15) is 18.4 Å². The molecular weight excluding hydrogens is 252 g/mol. The summed E-state index contributed by atoms with van der Waals surface area (Å²) in [6.45, 7) is 4.46. The first kappa shape index (κ1) is 15.1. The molecule has 0 aliphatic carbocycles. The number of phenols is 1. The number of hydrogen-bond acceptors (Lipinski definition) is 4. The predicted octanol–water partition coefficient (Wildman–Crippen LogP) is 2.17. The fourth-order valence-electron chi connectivity index (χ4n) is 2.88. The van der Waals surface area contributed by atoms with E-state index in [0.29, 0.717) is 5.75 Å². The van der Waals surface area contributed by atoms with E-state index in [9.17, 15) is 5.11 Å². The molecule has 4 heteroatoms. The summed E-state index contributed by atoms with van der Waals surface area (Å²) in [4.78, 5) is 4.77. The van der Waals surface area contributed by atoms with Gasteiger partial charge in [-0.05, 0) is 63.6 Å². The van der Waals surface area contributed by atoms with Crippen LogP contribution in [0.15, 0.2) is 18.2 Å². The third-order valence-corrected chi connectivity index (χ3v) is 4.10. The first-order valence-corrected chi connectivity index (χ1v) is 7.31. The molecule has 112 valence electrons. The summed E-state index contributed by atoms with van der Waals surface area (Å²) in [6, 6.07) is 5.58. The van der Waals surface area contributed by atoms with E-state index in [2.05, 4.69) is 23.9 Å². The number of benzene rings is 1. The lowest BCUT2D eigenvalue weighted by Gasteiger charge is -2.31. The second-order valence-electron chi connectivity index (χ2n) is 5.95. The monoisotopic (exact) mass is 278 g/mol. The summed E-state index contributed by atoms with van der Waals surface area (Å²) in [5, 5.41) is 9.61. The molecule has 0 spiro atoms. The van der Waals surface area contributed by atoms with Crippen LogP contribution in [0.3, 0.4) is 0 Å². The SMILES string of the molecule is COc1cc(CN(C)CC2CCN(C)CC2)ccc1O. The number of ether oxygens (including phenoxy) is 1. The number of likely N-dealkylation sites (tertiary alicyclic amines) is 1. The van der Waals surface area contributed by atoms with E-state index in [1.54, 1.807) is 13.2 Å². The van der Waals surface area contributed by atoms with E-state index in [1.165, 1.54) is 31.5 Å². The standard InChI is InChI=1S/C16H26N2O2/c1-17-8-6-13(7-9-17)11-18(2)12-14-4-5-15(19)16(10-14)20-3/h4-5,10,13,19H,6-9,11-12H2,1-3H3. The van der Waals surface area contributed by atoms with Crippen molar-refractivity contribution in [3.05, 3.63) is 23.8 Å². The Labute approximate surface area is 122 Å². The predicted molar refractivity (Wildman–Crippen MR) is 81.2 cm³/mol. The van der Waals surface area contributed by atoms with Crippen molar-refractivity contribution in [1.29, 1.82) is 0 Å². The van der Waals surface area contributed by atoms with Gasteiger partial charge in [0.05, 0.1) is 7.11 Å². The molecule has 1 aromatic carbocycles. The van der Waals surface area contributed by atoms with Crippen molar-refractivity contribution < 1.29 is 9.84 Å². The van der Waals surface area contributed by atoms with Crippen LogP contribution in [-0.2, 0) is 6.54 Å². The summed E-state index contributed by atoms with van der Waals surface area (Å²) in [7, 11) is 5.95. The molecule has 0 saturated carbocycles. The van der Waals surface area contributed by atoms with E-state index in [-0.39, 0.29) is 5.75 Å². The van der Waals surface area contributed by atoms with Crippen LogP contribution in [0.5, 0.6) is 11.5 Å². The lowest BCUT2D eigenvalue weighted by Crippen LogP contribution is -2.35. The van der Waals surface area contributed by atoms with E-state index in [0.717, 1.165) is 19.0 Å². The molecule has 2 rings (SSSR count). The van der Waals surface area contributed by atoms with Crippen LogP contribution >= 0.6 is 0 Å². The van der Waals surface area contributed by atoms with Gasteiger partial charge < -0.3 is 19.6 Å². The summed E-state index contributed by atoms with van der Waals surface area (Å²) in [5.41, 5.74) is 1.18. The van der Waals surface area contributed by atoms with Crippen molar-refractivity contribution in [3.63, 3.8) is 0 Å². The highest BCUT2D eigenvalue weighted by molar-refractivity contribution is 5.41. The number of piperidine rings is 1. The second kappa shape index (κ2) is 6.95. The molecule has 20 heavy (non-hydrogen) atoms. The number of hydrogen-bond donors (Lipinski definition) is 1. The molecule has 1 N–H and O–H groups in total. The maximum atomic E-state index is 9.61. The molecule has 1 aliphatic heterocycles. The minimum atomic E-state index is 0.203. The van der Waals surface area contributed by atoms with Crippen LogP contribution in [0.2, 0.25) is 0 Å². The fraction of sp³-hybridized carbons (Fsp3) is 0.625. The van der Waals surface area contributed by atoms with Crippen LogP contribution in [0, 0.1) is 5.92 Å². The molecular formula is C16H26N2O2. The number of nitrogens with zero attached hydrogens (tertiary/aromatic N) is 2. The fourth-order valence-corrected chi connectivity index (χ4v) is 2.88. The second-order valence-corrected chi connectivity index (χ2v) is 5.95. The molecule has 4 nitrogen and oxygen atoms in total. The van der Waals surface area contributed by atoms with Crippen LogP contribution in [0.4, 0.5) is 0 Å². The van der Waals surface area contributed by atoms with Crippen molar-refractivity contribution in [2.24, 2.45) is 5.92 Å². The Bertz CT molecular complexity index is 428. The van der Waals surface area contributed by atoms with Crippen LogP contribution in [-0.4, -0.2) is 55.7 Å². The van der Waals surface area contributed by atoms with Gasteiger partial charge in [0.15, 0.2) is 11.5 Å². The smallest absolute Gasteiger partial charge is 0.160 e. The molecule has 0 atom stereocenters. The average molecular weight is 278 g/mol. The third kappa shape index (κ3) is 4.12. The summed E-state index contributed by atoms with van der Waals surface area (Å²) >= 11 is 0. The maximum absolute atomic E-state index is 9.61. The van der Waals surface area contributed by atoms with E-state index in [1.807, 2.05) is 12.1 Å². The zero-order chi connectivity index (χ0) is 14.5. The minimum Gasteiger partial charge on any atom is -0.504 e. The first-order chi connectivity index (χ1) is 9.58. The quantitative estimate of drug-likeness (QED) is 0.895. The van der Waals surface area contributed by atoms with Crippen molar-refractivity contribution in [1.82, 2.24) is 9.80 Å². The lowest BCUT2D eigenvalue weighted by molar-refractivity contribution is 0.173. The molecule has 0 unspecified atom stereocenters. The number of phenolic OH excluding ortho intramolecular Hbond substituents is 1. The molecule has 1 aliphatic rings. The average Bonchev–Trinajstić information content (AvgIpc) is 2.43. The molecule has 0 bridgehead atoms. The van der Waals surface area contributed by atoms with E-state index in [4.69, 9.17) is 4.74 Å². The lowest BCUT2D eigenvalue weighted by atomic mass is 9.96. The van der Waals surface area contributed by atoms with Gasteiger partial charge in [0.1, 0.15) is 0 Å². The van der Waals surface area contributed by atoms with Crippen molar-refractivity contribution in [2.45, 2.75) is 19.4 Å². The molecule has 1 fully saturated rings. The largest absolute Gasteiger partial charge is 0.504 e. The van der Waals surface area contributed by atoms with Crippen molar-refractivity contribution >= 4 is 0 Å². The number of rotatable bonds is 5. The van der Waals surface area contributed by atoms with Crippen LogP contribution < -0.4 is 4.74 Å². The first-order valence-electron chi connectivity index (χ1n) is 7.31. The Morgan fingerprint density at radius 1 is 1.35 bits per heavy atom. The van der Waals surface area contributed by atoms with Gasteiger partial charge in [-0.2, -0.15) is 0 Å². The Balaban J connectivity index is 1.86. The van der Waals surface area contributed by atoms with Crippen LogP contribution in [0.25, 0.3) is 0 Å². The third-order valence-electron chi connectivity index (χ3n) is 4.10. The normalized spacial score (nSPS) is 17.6. The summed E-state index contributed by atoms with van der Waals surface area (Å²) in [6.07, 6.45) is 2.58. The summed E-state index contributed by atoms with van der Waals surface area (Å²) in [5.74, 6) is 1.56. The van der Waals surface area contributed by atoms with E-state index >= 15 is 0 Å². The van der Waals surface area contributed by atoms with Crippen molar-refractivity contribution in [2.75, 3.05) is 40.8 Å². The van der Waals surface area contributed by atoms with Gasteiger partial charge in [0, 0.05) is 13.1 Å². The highest BCUT2D eigenvalue weighted by Gasteiger charge is 2.18. The minimum absolute atomic E-state index is 0.203. The zero-order valence-corrected chi connectivity index (χ0v) is 12.8. The number of methoxy groups -OCH3 is 1. The van der Waals surface area contributed by atoms with Gasteiger partial charge >= 0.3 is 0 Å². The van der Waals surface area contributed by atoms with Crippen molar-refractivity contribution in [3.8, 4) is 11.5 Å². The van der Waals surface area contributed by atoms with Gasteiger partial charge in [-0.3, -0.25) is 0 Å². The molecule has 1 saturated heterocycles. The van der Waals surface area contributed by atoms with Gasteiger partial charge in [0.2, 0.25) is 0 Å². The summed E-state index contributed by atoms with van der Waals surface area (Å²) < 4.78 is 5.15. The Kier molecular flexibility index (Phi) is 5.26. The highest BCUT2D eigenvalue weighted by atomic mass is 16.5. The van der Waals surface area contributed by atoms with Gasteiger partial charge in [-0.1, -0.05) is 6.07 Å². The molecule has 0 aromatic heterocycles. The zero-order valence-electron chi connectivity index (χ0n) is 12.8. The highest BCUT2D eigenvalue weighted by Crippen LogP contribution is 2.27. The maximum Gasteiger partial charge on any atom is 0.160 e. The topological polar surface area (TPSA) is 35.9 Å². The Morgan fingerprint density at radius 2 is 2.05 bits per heavy atom. The molecule has 0 amide bonds. The molecule has 1 heterocycles.